The van der Waals surface area contributed by atoms with Gasteiger partial charge in [-0.1, -0.05) is 40.2 Å². The number of hydrogen-bond acceptors (Lipinski definition) is 1. The lowest BCUT2D eigenvalue weighted by molar-refractivity contribution is 0.211. The molecule has 0 radical (unpaired) electrons. The number of fused-ring (bicyclic) bond motifs is 2. The fraction of sp³-hybridized carbons (Fsp3) is 0.176. The number of rotatable bonds is 2. The average molecular weight is 328 g/mol. The number of aromatic nitrogens is 1. The minimum atomic E-state index is 0.224. The third-order valence-corrected chi connectivity index (χ3v) is 4.34. The van der Waals surface area contributed by atoms with Gasteiger partial charge < -0.3 is 9.30 Å². The number of hydrogen-bond donors (Lipinski definition) is 0. The van der Waals surface area contributed by atoms with Crippen molar-refractivity contribution in [3.05, 3.63) is 64.8 Å². The fourth-order valence-electron chi connectivity index (χ4n) is 2.89. The Labute approximate surface area is 126 Å². The molecule has 0 saturated carbocycles. The molecule has 1 aromatic heterocycles. The van der Waals surface area contributed by atoms with Gasteiger partial charge >= 0.3 is 0 Å². The summed E-state index contributed by atoms with van der Waals surface area (Å²) < 4.78 is 9.41. The first kappa shape index (κ1) is 12.0. The first-order chi connectivity index (χ1) is 9.79. The normalized spacial score (nSPS) is 17.1. The summed E-state index contributed by atoms with van der Waals surface area (Å²) >= 11 is 3.54. The SMILES string of the molecule is Brc1ccc2ccn(CC3Cc4ccccc4O3)c2c1. The predicted molar refractivity (Wildman–Crippen MR) is 84.2 cm³/mol. The molecule has 0 spiro atoms. The highest BCUT2D eigenvalue weighted by Crippen LogP contribution is 2.30. The Morgan fingerprint density at radius 2 is 2.05 bits per heavy atom. The second-order valence-electron chi connectivity index (χ2n) is 5.22. The number of para-hydroxylation sites is 1. The Morgan fingerprint density at radius 1 is 1.15 bits per heavy atom. The van der Waals surface area contributed by atoms with Crippen LogP contribution in [-0.2, 0) is 13.0 Å². The van der Waals surface area contributed by atoms with Gasteiger partial charge in [0.2, 0.25) is 0 Å². The van der Waals surface area contributed by atoms with Crippen LogP contribution in [0.25, 0.3) is 10.9 Å². The van der Waals surface area contributed by atoms with Crippen molar-refractivity contribution in [2.24, 2.45) is 0 Å². The fourth-order valence-corrected chi connectivity index (χ4v) is 3.24. The van der Waals surface area contributed by atoms with Crippen molar-refractivity contribution in [3.63, 3.8) is 0 Å². The van der Waals surface area contributed by atoms with Crippen LogP contribution >= 0.6 is 15.9 Å². The average Bonchev–Trinajstić information content (AvgIpc) is 3.03. The van der Waals surface area contributed by atoms with Crippen molar-refractivity contribution in [1.29, 1.82) is 0 Å². The molecule has 0 aliphatic carbocycles. The molecular formula is C17H14BrNO. The second kappa shape index (κ2) is 4.67. The summed E-state index contributed by atoms with van der Waals surface area (Å²) in [5.41, 5.74) is 2.56. The summed E-state index contributed by atoms with van der Waals surface area (Å²) in [7, 11) is 0. The third kappa shape index (κ3) is 2.02. The largest absolute Gasteiger partial charge is 0.488 e. The Bertz CT molecular complexity index is 753. The summed E-state index contributed by atoms with van der Waals surface area (Å²) in [6.45, 7) is 0.884. The van der Waals surface area contributed by atoms with E-state index in [1.165, 1.54) is 16.5 Å². The van der Waals surface area contributed by atoms with Crippen LogP contribution in [-0.4, -0.2) is 10.7 Å². The predicted octanol–water partition coefficient (Wildman–Crippen LogP) is 4.41. The van der Waals surface area contributed by atoms with E-state index in [1.807, 2.05) is 6.07 Å². The van der Waals surface area contributed by atoms with Gasteiger partial charge in [0.1, 0.15) is 11.9 Å². The first-order valence-corrected chi connectivity index (χ1v) is 7.58. The molecule has 2 aromatic carbocycles. The van der Waals surface area contributed by atoms with Gasteiger partial charge in [-0.3, -0.25) is 0 Å². The van der Waals surface area contributed by atoms with Crippen LogP contribution in [0.3, 0.4) is 0 Å². The molecule has 0 bridgehead atoms. The van der Waals surface area contributed by atoms with Gasteiger partial charge in [-0.25, -0.2) is 0 Å². The van der Waals surface area contributed by atoms with Crippen molar-refractivity contribution in [3.8, 4) is 5.75 Å². The van der Waals surface area contributed by atoms with Gasteiger partial charge in [-0.15, -0.1) is 0 Å². The van der Waals surface area contributed by atoms with E-state index in [4.69, 9.17) is 4.74 Å². The number of ether oxygens (including phenoxy) is 1. The number of halogens is 1. The molecular weight excluding hydrogens is 314 g/mol. The zero-order valence-corrected chi connectivity index (χ0v) is 12.5. The second-order valence-corrected chi connectivity index (χ2v) is 6.14. The van der Waals surface area contributed by atoms with Crippen LogP contribution in [0.4, 0.5) is 0 Å². The number of nitrogens with zero attached hydrogens (tertiary/aromatic N) is 1. The Hall–Kier alpha value is -1.74. The highest BCUT2D eigenvalue weighted by Gasteiger charge is 2.22. The standard InChI is InChI=1S/C17H14BrNO/c18-14-6-5-12-7-8-19(16(12)10-14)11-15-9-13-3-1-2-4-17(13)20-15/h1-8,10,15H,9,11H2. The monoisotopic (exact) mass is 327 g/mol. The summed E-state index contributed by atoms with van der Waals surface area (Å²) in [6.07, 6.45) is 3.36. The number of benzene rings is 2. The molecule has 1 unspecified atom stereocenters. The van der Waals surface area contributed by atoms with E-state index < -0.39 is 0 Å². The Morgan fingerprint density at radius 3 is 2.95 bits per heavy atom. The minimum Gasteiger partial charge on any atom is -0.488 e. The van der Waals surface area contributed by atoms with Crippen molar-refractivity contribution >= 4 is 26.8 Å². The van der Waals surface area contributed by atoms with E-state index in [9.17, 15) is 0 Å². The van der Waals surface area contributed by atoms with Crippen molar-refractivity contribution in [2.45, 2.75) is 19.1 Å². The van der Waals surface area contributed by atoms with Crippen LogP contribution in [0, 0.1) is 0 Å². The molecule has 100 valence electrons. The van der Waals surface area contributed by atoms with E-state index in [1.54, 1.807) is 0 Å². The summed E-state index contributed by atoms with van der Waals surface area (Å²) in [4.78, 5) is 0. The molecule has 2 heterocycles. The zero-order chi connectivity index (χ0) is 13.5. The highest BCUT2D eigenvalue weighted by molar-refractivity contribution is 9.10. The quantitative estimate of drug-likeness (QED) is 0.680. The summed E-state index contributed by atoms with van der Waals surface area (Å²) in [5, 5.41) is 1.27. The summed E-state index contributed by atoms with van der Waals surface area (Å²) in [5.74, 6) is 1.04. The summed E-state index contributed by atoms with van der Waals surface area (Å²) in [6, 6.07) is 16.9. The highest BCUT2D eigenvalue weighted by atomic mass is 79.9. The molecule has 0 amide bonds. The minimum absolute atomic E-state index is 0.224. The van der Waals surface area contributed by atoms with Gasteiger partial charge in [0.05, 0.1) is 6.54 Å². The molecule has 3 heteroatoms. The van der Waals surface area contributed by atoms with Crippen LogP contribution in [0.2, 0.25) is 0 Å². The maximum atomic E-state index is 6.03. The molecule has 4 rings (SSSR count). The smallest absolute Gasteiger partial charge is 0.123 e. The Kier molecular flexibility index (Phi) is 2.81. The molecule has 2 nitrogen and oxygen atoms in total. The molecule has 20 heavy (non-hydrogen) atoms. The van der Waals surface area contributed by atoms with E-state index in [0.717, 1.165) is 23.2 Å². The molecule has 0 N–H and O–H groups in total. The van der Waals surface area contributed by atoms with Crippen molar-refractivity contribution in [1.82, 2.24) is 4.57 Å². The van der Waals surface area contributed by atoms with E-state index >= 15 is 0 Å². The lowest BCUT2D eigenvalue weighted by atomic mass is 10.1. The van der Waals surface area contributed by atoms with Gasteiger partial charge in [0, 0.05) is 22.6 Å². The van der Waals surface area contributed by atoms with E-state index in [0.29, 0.717) is 0 Å². The maximum Gasteiger partial charge on any atom is 0.123 e. The van der Waals surface area contributed by atoms with Crippen LogP contribution < -0.4 is 4.74 Å². The molecule has 0 fully saturated rings. The van der Waals surface area contributed by atoms with Crippen molar-refractivity contribution < 1.29 is 4.74 Å². The first-order valence-electron chi connectivity index (χ1n) is 6.78. The van der Waals surface area contributed by atoms with Crippen LogP contribution in [0.15, 0.2) is 59.2 Å². The van der Waals surface area contributed by atoms with E-state index in [-0.39, 0.29) is 6.10 Å². The topological polar surface area (TPSA) is 14.2 Å². The molecule has 3 aromatic rings. The van der Waals surface area contributed by atoms with Gasteiger partial charge in [-0.05, 0) is 35.2 Å². The molecule has 1 aliphatic heterocycles. The molecule has 1 atom stereocenters. The Balaban J connectivity index is 1.62. The molecule has 0 saturated heterocycles. The van der Waals surface area contributed by atoms with Gasteiger partial charge in [0.25, 0.3) is 0 Å². The third-order valence-electron chi connectivity index (χ3n) is 3.85. The van der Waals surface area contributed by atoms with Crippen LogP contribution in [0.5, 0.6) is 5.75 Å². The zero-order valence-electron chi connectivity index (χ0n) is 10.9. The maximum absolute atomic E-state index is 6.03. The lowest BCUT2D eigenvalue weighted by Gasteiger charge is -2.13. The van der Waals surface area contributed by atoms with E-state index in [2.05, 4.69) is 69.2 Å². The molecule has 1 aliphatic rings. The van der Waals surface area contributed by atoms with Crippen LogP contribution in [0.1, 0.15) is 5.56 Å². The van der Waals surface area contributed by atoms with Gasteiger partial charge in [-0.2, -0.15) is 0 Å². The van der Waals surface area contributed by atoms with Crippen molar-refractivity contribution in [2.75, 3.05) is 0 Å². The lowest BCUT2D eigenvalue weighted by Crippen LogP contribution is -2.20. The van der Waals surface area contributed by atoms with Gasteiger partial charge in [0.15, 0.2) is 0 Å².